The van der Waals surface area contributed by atoms with Crippen LogP contribution in [0.15, 0.2) is 34.7 Å². The Kier molecular flexibility index (Phi) is 5.08. The summed E-state index contributed by atoms with van der Waals surface area (Å²) >= 11 is 0. The lowest BCUT2D eigenvalue weighted by Gasteiger charge is -2.21. The minimum Gasteiger partial charge on any atom is -0.423 e. The average Bonchev–Trinajstić information content (AvgIpc) is 3.19. The van der Waals surface area contributed by atoms with Crippen LogP contribution in [0.1, 0.15) is 36.7 Å². The standard InChI is InChI=1S/C17H19F2N3O3/c1-2-14-20-21-16(25-14)13-8-17(18,19)11-22(13)15(23)10-24-9-12-6-4-3-5-7-12/h3-7,13H,2,8-11H2,1H3/t13-/m0/s1. The lowest BCUT2D eigenvalue weighted by molar-refractivity contribution is -0.139. The maximum absolute atomic E-state index is 13.8. The second-order valence-electron chi connectivity index (χ2n) is 5.96. The molecule has 0 bridgehead atoms. The van der Waals surface area contributed by atoms with Crippen molar-refractivity contribution in [1.82, 2.24) is 15.1 Å². The number of benzene rings is 1. The van der Waals surface area contributed by atoms with E-state index in [1.807, 2.05) is 37.3 Å². The third-order valence-electron chi connectivity index (χ3n) is 4.00. The van der Waals surface area contributed by atoms with Crippen molar-refractivity contribution in [2.24, 2.45) is 0 Å². The average molecular weight is 351 g/mol. The summed E-state index contributed by atoms with van der Waals surface area (Å²) in [5, 5.41) is 7.60. The van der Waals surface area contributed by atoms with Gasteiger partial charge in [-0.3, -0.25) is 4.79 Å². The summed E-state index contributed by atoms with van der Waals surface area (Å²) in [6.07, 6.45) is -0.0208. The first-order valence-electron chi connectivity index (χ1n) is 8.10. The van der Waals surface area contributed by atoms with Gasteiger partial charge in [-0.15, -0.1) is 10.2 Å². The SMILES string of the molecule is CCc1nnc([C@@H]2CC(F)(F)CN2C(=O)COCc2ccccc2)o1. The van der Waals surface area contributed by atoms with E-state index < -0.39 is 30.8 Å². The van der Waals surface area contributed by atoms with Gasteiger partial charge in [0.25, 0.3) is 5.92 Å². The number of hydrogen-bond donors (Lipinski definition) is 0. The summed E-state index contributed by atoms with van der Waals surface area (Å²) in [7, 11) is 0. The number of likely N-dealkylation sites (tertiary alicyclic amines) is 1. The Morgan fingerprint density at radius 3 is 2.80 bits per heavy atom. The number of aromatic nitrogens is 2. The van der Waals surface area contributed by atoms with Gasteiger partial charge in [0, 0.05) is 12.8 Å². The number of nitrogens with zero attached hydrogens (tertiary/aromatic N) is 3. The number of aryl methyl sites for hydroxylation is 1. The number of hydrogen-bond acceptors (Lipinski definition) is 5. The van der Waals surface area contributed by atoms with Crippen molar-refractivity contribution in [1.29, 1.82) is 0 Å². The van der Waals surface area contributed by atoms with E-state index in [0.29, 0.717) is 12.3 Å². The Labute approximate surface area is 143 Å². The monoisotopic (exact) mass is 351 g/mol. The fraction of sp³-hybridized carbons (Fsp3) is 0.471. The van der Waals surface area contributed by atoms with Crippen molar-refractivity contribution in [2.45, 2.75) is 38.3 Å². The highest BCUT2D eigenvalue weighted by atomic mass is 19.3. The topological polar surface area (TPSA) is 68.5 Å². The van der Waals surface area contributed by atoms with Crippen LogP contribution in [0, 0.1) is 0 Å². The Balaban J connectivity index is 1.64. The molecular weight excluding hydrogens is 332 g/mol. The Hall–Kier alpha value is -2.35. The first-order valence-corrected chi connectivity index (χ1v) is 8.10. The van der Waals surface area contributed by atoms with Crippen LogP contribution in [0.3, 0.4) is 0 Å². The molecule has 1 fully saturated rings. The van der Waals surface area contributed by atoms with Gasteiger partial charge in [0.2, 0.25) is 17.7 Å². The summed E-state index contributed by atoms with van der Waals surface area (Å²) in [6.45, 7) is 1.11. The minimum atomic E-state index is -2.99. The van der Waals surface area contributed by atoms with E-state index >= 15 is 0 Å². The van der Waals surface area contributed by atoms with Crippen molar-refractivity contribution < 1.29 is 22.7 Å². The molecule has 1 atom stereocenters. The molecule has 1 aromatic carbocycles. The maximum Gasteiger partial charge on any atom is 0.267 e. The van der Waals surface area contributed by atoms with Crippen molar-refractivity contribution in [3.05, 3.63) is 47.7 Å². The molecule has 3 rings (SSSR count). The third kappa shape index (κ3) is 4.19. The smallest absolute Gasteiger partial charge is 0.267 e. The van der Waals surface area contributed by atoms with Crippen LogP contribution in [-0.4, -0.2) is 40.1 Å². The molecule has 1 saturated heterocycles. The number of carbonyl (C=O) groups excluding carboxylic acids is 1. The molecule has 2 aromatic rings. The zero-order chi connectivity index (χ0) is 17.9. The van der Waals surface area contributed by atoms with E-state index in [9.17, 15) is 13.6 Å². The molecule has 0 unspecified atom stereocenters. The lowest BCUT2D eigenvalue weighted by Crippen LogP contribution is -2.35. The van der Waals surface area contributed by atoms with Crippen LogP contribution in [-0.2, 0) is 22.6 Å². The quantitative estimate of drug-likeness (QED) is 0.800. The molecule has 0 radical (unpaired) electrons. The summed E-state index contributed by atoms with van der Waals surface area (Å²) in [6, 6.07) is 8.40. The molecule has 8 heteroatoms. The van der Waals surface area contributed by atoms with Crippen molar-refractivity contribution in [3.63, 3.8) is 0 Å². The number of carbonyl (C=O) groups is 1. The van der Waals surface area contributed by atoms with Crippen molar-refractivity contribution in [3.8, 4) is 0 Å². The predicted octanol–water partition coefficient (Wildman–Crippen LogP) is 2.76. The molecule has 0 N–H and O–H groups in total. The van der Waals surface area contributed by atoms with E-state index in [2.05, 4.69) is 10.2 Å². The second kappa shape index (κ2) is 7.26. The molecule has 1 aliphatic heterocycles. The fourth-order valence-corrected chi connectivity index (χ4v) is 2.76. The Morgan fingerprint density at radius 2 is 2.12 bits per heavy atom. The second-order valence-corrected chi connectivity index (χ2v) is 5.96. The van der Waals surface area contributed by atoms with E-state index in [0.717, 1.165) is 10.5 Å². The summed E-state index contributed by atoms with van der Waals surface area (Å²) in [4.78, 5) is 13.4. The first-order chi connectivity index (χ1) is 12.0. The zero-order valence-corrected chi connectivity index (χ0v) is 13.8. The Bertz CT molecular complexity index is 721. The lowest BCUT2D eigenvalue weighted by atomic mass is 10.2. The number of alkyl halides is 2. The van der Waals surface area contributed by atoms with Gasteiger partial charge >= 0.3 is 0 Å². The van der Waals surface area contributed by atoms with Gasteiger partial charge in [0.05, 0.1) is 13.2 Å². The van der Waals surface area contributed by atoms with Crippen LogP contribution in [0.2, 0.25) is 0 Å². The van der Waals surface area contributed by atoms with E-state index in [1.54, 1.807) is 0 Å². The molecule has 25 heavy (non-hydrogen) atoms. The molecule has 0 aliphatic carbocycles. The highest BCUT2D eigenvalue weighted by Gasteiger charge is 2.49. The zero-order valence-electron chi connectivity index (χ0n) is 13.8. The molecule has 1 aliphatic rings. The van der Waals surface area contributed by atoms with Crippen LogP contribution in [0.5, 0.6) is 0 Å². The van der Waals surface area contributed by atoms with Crippen LogP contribution in [0.25, 0.3) is 0 Å². The number of rotatable bonds is 6. The predicted molar refractivity (Wildman–Crippen MR) is 83.8 cm³/mol. The van der Waals surface area contributed by atoms with Gasteiger partial charge < -0.3 is 14.1 Å². The molecule has 0 spiro atoms. The largest absolute Gasteiger partial charge is 0.423 e. The summed E-state index contributed by atoms with van der Waals surface area (Å²) < 4.78 is 38.4. The molecular formula is C17H19F2N3O3. The minimum absolute atomic E-state index is 0.0467. The van der Waals surface area contributed by atoms with Gasteiger partial charge in [-0.05, 0) is 5.56 Å². The number of amides is 1. The van der Waals surface area contributed by atoms with E-state index in [-0.39, 0.29) is 19.1 Å². The highest BCUT2D eigenvalue weighted by molar-refractivity contribution is 5.78. The van der Waals surface area contributed by atoms with Gasteiger partial charge in [0.1, 0.15) is 12.6 Å². The third-order valence-corrected chi connectivity index (χ3v) is 4.00. The van der Waals surface area contributed by atoms with Gasteiger partial charge in [-0.2, -0.15) is 0 Å². The highest BCUT2D eigenvalue weighted by Crippen LogP contribution is 2.40. The Morgan fingerprint density at radius 1 is 1.36 bits per heavy atom. The number of ether oxygens (including phenoxy) is 1. The van der Waals surface area contributed by atoms with Gasteiger partial charge in [-0.1, -0.05) is 37.3 Å². The summed E-state index contributed by atoms with van der Waals surface area (Å²) in [5.74, 6) is -3.10. The number of halogens is 2. The van der Waals surface area contributed by atoms with Crippen LogP contribution < -0.4 is 0 Å². The molecule has 1 amide bonds. The van der Waals surface area contributed by atoms with Gasteiger partial charge in [-0.25, -0.2) is 8.78 Å². The van der Waals surface area contributed by atoms with E-state index in [1.165, 1.54) is 0 Å². The molecule has 1 aromatic heterocycles. The van der Waals surface area contributed by atoms with Crippen LogP contribution in [0.4, 0.5) is 8.78 Å². The van der Waals surface area contributed by atoms with Crippen molar-refractivity contribution >= 4 is 5.91 Å². The van der Waals surface area contributed by atoms with Crippen molar-refractivity contribution in [2.75, 3.05) is 13.2 Å². The first kappa shape index (κ1) is 17.5. The normalized spacial score (nSPS) is 19.3. The molecule has 2 heterocycles. The molecule has 134 valence electrons. The fourth-order valence-electron chi connectivity index (χ4n) is 2.76. The van der Waals surface area contributed by atoms with E-state index in [4.69, 9.17) is 9.15 Å². The van der Waals surface area contributed by atoms with Gasteiger partial charge in [0.15, 0.2) is 0 Å². The molecule has 6 nitrogen and oxygen atoms in total. The molecule has 0 saturated carbocycles. The van der Waals surface area contributed by atoms with Crippen LogP contribution >= 0.6 is 0 Å². The summed E-state index contributed by atoms with van der Waals surface area (Å²) in [5.41, 5.74) is 0.906. The maximum atomic E-state index is 13.8.